The second kappa shape index (κ2) is 8.66. The molecule has 1 unspecified atom stereocenters. The van der Waals surface area contributed by atoms with E-state index in [1.807, 2.05) is 0 Å². The molecular formula is C18H25F3N4O3. The first-order chi connectivity index (χ1) is 13.0. The fraction of sp³-hybridized carbons (Fsp3) is 0.611. The Morgan fingerprint density at radius 2 is 2.00 bits per heavy atom. The number of ether oxygens (including phenoxy) is 1. The van der Waals surface area contributed by atoms with Crippen LogP contribution in [0.25, 0.3) is 0 Å². The van der Waals surface area contributed by atoms with Crippen LogP contribution in [0.1, 0.15) is 39.2 Å². The van der Waals surface area contributed by atoms with Crippen molar-refractivity contribution >= 4 is 17.8 Å². The molecule has 1 aliphatic heterocycles. The number of rotatable bonds is 5. The number of aromatic nitrogens is 1. The summed E-state index contributed by atoms with van der Waals surface area (Å²) in [5.41, 5.74) is -1.53. The molecule has 2 rings (SSSR count). The number of carbonyl (C=O) groups is 2. The summed E-state index contributed by atoms with van der Waals surface area (Å²) in [6.07, 6.45) is -2.62. The van der Waals surface area contributed by atoms with Crippen LogP contribution in [-0.2, 0) is 15.7 Å². The third-order valence-corrected chi connectivity index (χ3v) is 4.01. The van der Waals surface area contributed by atoms with E-state index < -0.39 is 29.5 Å². The SMILES string of the molecule is CC(C)(C)OC(=O)N1CCCC1C(=O)NCCNc1ncccc1C(F)(F)F. The number of nitrogens with zero attached hydrogens (tertiary/aromatic N) is 2. The number of hydrogen-bond acceptors (Lipinski definition) is 5. The molecule has 28 heavy (non-hydrogen) atoms. The third kappa shape index (κ3) is 6.00. The Balaban J connectivity index is 1.85. The Labute approximate surface area is 161 Å². The Bertz CT molecular complexity index is 704. The highest BCUT2D eigenvalue weighted by atomic mass is 19.4. The molecule has 0 aliphatic carbocycles. The van der Waals surface area contributed by atoms with Gasteiger partial charge in [0.2, 0.25) is 5.91 Å². The summed E-state index contributed by atoms with van der Waals surface area (Å²) in [5.74, 6) is -0.650. The minimum Gasteiger partial charge on any atom is -0.444 e. The second-order valence-electron chi connectivity index (χ2n) is 7.45. The van der Waals surface area contributed by atoms with Crippen molar-refractivity contribution in [3.05, 3.63) is 23.9 Å². The van der Waals surface area contributed by atoms with E-state index in [0.717, 1.165) is 6.07 Å². The standard InChI is InChI=1S/C18H25F3N4O3/c1-17(2,3)28-16(27)25-11-5-7-13(25)15(26)24-10-9-23-14-12(18(19,20)21)6-4-8-22-14/h4,6,8,13H,5,7,9-11H2,1-3H3,(H,22,23)(H,24,26). The van der Waals surface area contributed by atoms with Gasteiger partial charge in [-0.15, -0.1) is 0 Å². The van der Waals surface area contributed by atoms with Crippen molar-refractivity contribution in [3.63, 3.8) is 0 Å². The van der Waals surface area contributed by atoms with Crippen molar-refractivity contribution in [1.82, 2.24) is 15.2 Å². The van der Waals surface area contributed by atoms with Crippen LogP contribution in [0.3, 0.4) is 0 Å². The number of amides is 2. The van der Waals surface area contributed by atoms with Crippen molar-refractivity contribution in [2.45, 2.75) is 51.4 Å². The van der Waals surface area contributed by atoms with Gasteiger partial charge in [0.05, 0.1) is 5.56 Å². The lowest BCUT2D eigenvalue weighted by molar-refractivity contribution is -0.137. The van der Waals surface area contributed by atoms with E-state index in [1.165, 1.54) is 17.2 Å². The van der Waals surface area contributed by atoms with Gasteiger partial charge < -0.3 is 15.4 Å². The first-order valence-corrected chi connectivity index (χ1v) is 9.02. The fourth-order valence-electron chi connectivity index (χ4n) is 2.84. The molecule has 2 N–H and O–H groups in total. The number of likely N-dealkylation sites (tertiary alicyclic amines) is 1. The Morgan fingerprint density at radius 1 is 1.29 bits per heavy atom. The maximum Gasteiger partial charge on any atom is 0.419 e. The predicted molar refractivity (Wildman–Crippen MR) is 96.7 cm³/mol. The van der Waals surface area contributed by atoms with Gasteiger partial charge in [0.15, 0.2) is 0 Å². The van der Waals surface area contributed by atoms with Gasteiger partial charge in [-0.05, 0) is 45.7 Å². The maximum atomic E-state index is 12.9. The van der Waals surface area contributed by atoms with Gasteiger partial charge in [0.25, 0.3) is 0 Å². The first kappa shape index (κ1) is 21.8. The van der Waals surface area contributed by atoms with Crippen LogP contribution >= 0.6 is 0 Å². The molecule has 7 nitrogen and oxygen atoms in total. The first-order valence-electron chi connectivity index (χ1n) is 9.02. The van der Waals surface area contributed by atoms with Crippen LogP contribution in [-0.4, -0.2) is 53.2 Å². The van der Waals surface area contributed by atoms with E-state index in [9.17, 15) is 22.8 Å². The lowest BCUT2D eigenvalue weighted by Gasteiger charge is -2.28. The summed E-state index contributed by atoms with van der Waals surface area (Å²) in [7, 11) is 0. The number of carbonyl (C=O) groups excluding carboxylic acids is 2. The molecule has 0 aromatic carbocycles. The van der Waals surface area contributed by atoms with E-state index in [-0.39, 0.29) is 24.8 Å². The van der Waals surface area contributed by atoms with Crippen molar-refractivity contribution in [3.8, 4) is 0 Å². The predicted octanol–water partition coefficient (Wildman–Crippen LogP) is 3.03. The highest BCUT2D eigenvalue weighted by molar-refractivity contribution is 5.86. The molecule has 2 amide bonds. The average Bonchev–Trinajstić information content (AvgIpc) is 3.06. The minimum atomic E-state index is -4.52. The summed E-state index contributed by atoms with van der Waals surface area (Å²) in [4.78, 5) is 29.7. The van der Waals surface area contributed by atoms with Crippen molar-refractivity contribution in [1.29, 1.82) is 0 Å². The topological polar surface area (TPSA) is 83.6 Å². The van der Waals surface area contributed by atoms with Crippen LogP contribution in [0.15, 0.2) is 18.3 Å². The van der Waals surface area contributed by atoms with Gasteiger partial charge >= 0.3 is 12.3 Å². The van der Waals surface area contributed by atoms with E-state index in [2.05, 4.69) is 15.6 Å². The smallest absolute Gasteiger partial charge is 0.419 e. The number of hydrogen-bond donors (Lipinski definition) is 2. The average molecular weight is 402 g/mol. The highest BCUT2D eigenvalue weighted by Crippen LogP contribution is 2.33. The van der Waals surface area contributed by atoms with Gasteiger partial charge in [0.1, 0.15) is 17.5 Å². The normalized spacial score (nSPS) is 17.4. The Hall–Kier alpha value is -2.52. The molecule has 10 heteroatoms. The molecule has 1 aromatic rings. The second-order valence-corrected chi connectivity index (χ2v) is 7.45. The summed E-state index contributed by atoms with van der Waals surface area (Å²) in [6, 6.07) is 1.50. The number of pyridine rings is 1. The molecule has 0 saturated carbocycles. The molecule has 1 saturated heterocycles. The molecule has 0 radical (unpaired) electrons. The molecule has 1 aliphatic rings. The molecule has 1 aromatic heterocycles. The largest absolute Gasteiger partial charge is 0.444 e. The summed E-state index contributed by atoms with van der Waals surface area (Å²) in [6.45, 7) is 5.81. The maximum absolute atomic E-state index is 12.9. The van der Waals surface area contributed by atoms with Crippen molar-refractivity contribution in [2.75, 3.05) is 25.0 Å². The van der Waals surface area contributed by atoms with E-state index in [4.69, 9.17) is 4.74 Å². The molecule has 1 atom stereocenters. The lowest BCUT2D eigenvalue weighted by Crippen LogP contribution is -2.48. The number of nitrogens with one attached hydrogen (secondary N) is 2. The zero-order chi connectivity index (χ0) is 20.9. The zero-order valence-corrected chi connectivity index (χ0v) is 16.1. The molecule has 1 fully saturated rings. The van der Waals surface area contributed by atoms with Crippen LogP contribution in [0, 0.1) is 0 Å². The highest BCUT2D eigenvalue weighted by Gasteiger charge is 2.36. The van der Waals surface area contributed by atoms with Gasteiger partial charge in [-0.1, -0.05) is 0 Å². The zero-order valence-electron chi connectivity index (χ0n) is 16.1. The summed E-state index contributed by atoms with van der Waals surface area (Å²) >= 11 is 0. The van der Waals surface area contributed by atoms with E-state index >= 15 is 0 Å². The van der Waals surface area contributed by atoms with Crippen LogP contribution in [0.2, 0.25) is 0 Å². The number of halogens is 3. The third-order valence-electron chi connectivity index (χ3n) is 4.01. The van der Waals surface area contributed by atoms with E-state index in [1.54, 1.807) is 20.8 Å². The quantitative estimate of drug-likeness (QED) is 0.740. The van der Waals surface area contributed by atoms with Crippen molar-refractivity contribution in [2.24, 2.45) is 0 Å². The summed E-state index contributed by atoms with van der Waals surface area (Å²) < 4.78 is 44.1. The fourth-order valence-corrected chi connectivity index (χ4v) is 2.84. The number of alkyl halides is 3. The monoisotopic (exact) mass is 402 g/mol. The van der Waals surface area contributed by atoms with Crippen molar-refractivity contribution < 1.29 is 27.5 Å². The van der Waals surface area contributed by atoms with Crippen LogP contribution in [0.5, 0.6) is 0 Å². The van der Waals surface area contributed by atoms with Gasteiger partial charge in [-0.3, -0.25) is 9.69 Å². The van der Waals surface area contributed by atoms with Gasteiger partial charge in [0, 0.05) is 25.8 Å². The lowest BCUT2D eigenvalue weighted by atomic mass is 10.2. The minimum absolute atomic E-state index is 0.0605. The Kier molecular flexibility index (Phi) is 6.73. The molecule has 0 bridgehead atoms. The Morgan fingerprint density at radius 3 is 2.64 bits per heavy atom. The number of anilines is 1. The summed E-state index contributed by atoms with van der Waals surface area (Å²) in [5, 5.41) is 5.22. The molecular weight excluding hydrogens is 377 g/mol. The van der Waals surface area contributed by atoms with Crippen LogP contribution < -0.4 is 10.6 Å². The van der Waals surface area contributed by atoms with Gasteiger partial charge in [-0.2, -0.15) is 13.2 Å². The van der Waals surface area contributed by atoms with Crippen LogP contribution in [0.4, 0.5) is 23.8 Å². The molecule has 156 valence electrons. The van der Waals surface area contributed by atoms with E-state index in [0.29, 0.717) is 19.4 Å². The molecule has 0 spiro atoms. The van der Waals surface area contributed by atoms with Gasteiger partial charge in [-0.25, -0.2) is 9.78 Å². The molecule has 2 heterocycles.